The molecule has 1 saturated heterocycles. The van der Waals surface area contributed by atoms with Gasteiger partial charge in [0.05, 0.1) is 16.8 Å². The van der Waals surface area contributed by atoms with Crippen LogP contribution in [-0.2, 0) is 4.74 Å². The molecule has 1 fully saturated rings. The van der Waals surface area contributed by atoms with Crippen molar-refractivity contribution >= 4 is 21.6 Å². The minimum Gasteiger partial charge on any atom is -0.489 e. The van der Waals surface area contributed by atoms with E-state index in [4.69, 9.17) is 9.47 Å². The molecule has 108 valence electrons. The number of nitrogens with zero attached hydrogens (tertiary/aromatic N) is 2. The number of aromatic nitrogens is 2. The van der Waals surface area contributed by atoms with Crippen molar-refractivity contribution in [2.45, 2.75) is 25.7 Å². The molecular weight excluding hydrogens is 327 g/mol. The van der Waals surface area contributed by atoms with E-state index in [9.17, 15) is 4.39 Å². The third kappa shape index (κ3) is 2.42. The van der Waals surface area contributed by atoms with Gasteiger partial charge < -0.3 is 13.9 Å². The average Bonchev–Trinajstić information content (AvgIpc) is 2.88. The second-order valence-corrected chi connectivity index (χ2v) is 5.69. The summed E-state index contributed by atoms with van der Waals surface area (Å²) in [6.45, 7) is 3.73. The van der Waals surface area contributed by atoms with E-state index in [0.29, 0.717) is 22.6 Å². The Labute approximate surface area is 125 Å². The smallest absolute Gasteiger partial charge is 0.209 e. The van der Waals surface area contributed by atoms with Crippen LogP contribution in [0.25, 0.3) is 5.65 Å². The van der Waals surface area contributed by atoms with Gasteiger partial charge in [-0.05, 0) is 35.7 Å². The van der Waals surface area contributed by atoms with Crippen LogP contribution in [0, 0.1) is 5.82 Å². The largest absolute Gasteiger partial charge is 0.489 e. The molecule has 0 saturated carbocycles. The van der Waals surface area contributed by atoms with Crippen LogP contribution in [0.3, 0.4) is 0 Å². The monoisotopic (exact) mass is 342 g/mol. The summed E-state index contributed by atoms with van der Waals surface area (Å²) < 4.78 is 27.4. The molecule has 0 spiro atoms. The molecule has 4 nitrogen and oxygen atoms in total. The molecule has 0 bridgehead atoms. The Morgan fingerprint density at radius 2 is 2.20 bits per heavy atom. The lowest BCUT2D eigenvalue weighted by atomic mass is 9.97. The summed E-state index contributed by atoms with van der Waals surface area (Å²) in [5, 5.41) is 0. The lowest BCUT2D eigenvalue weighted by Crippen LogP contribution is -2.14. The third-order valence-electron chi connectivity index (χ3n) is 3.54. The van der Waals surface area contributed by atoms with Crippen molar-refractivity contribution in [2.75, 3.05) is 19.8 Å². The lowest BCUT2D eigenvalue weighted by Gasteiger charge is -2.19. The Balaban J connectivity index is 2.03. The van der Waals surface area contributed by atoms with Gasteiger partial charge in [-0.15, -0.1) is 0 Å². The first-order valence-corrected chi connectivity index (χ1v) is 7.57. The highest BCUT2D eigenvalue weighted by Crippen LogP contribution is 2.33. The molecule has 3 heterocycles. The number of hydrogen-bond donors (Lipinski definition) is 0. The van der Waals surface area contributed by atoms with Gasteiger partial charge in [-0.25, -0.2) is 4.98 Å². The maximum atomic E-state index is 14.4. The molecule has 20 heavy (non-hydrogen) atoms. The molecule has 0 aromatic carbocycles. The Kier molecular flexibility index (Phi) is 3.94. The van der Waals surface area contributed by atoms with Crippen molar-refractivity contribution in [2.24, 2.45) is 0 Å². The topological polar surface area (TPSA) is 35.8 Å². The molecule has 0 atom stereocenters. The predicted octanol–water partition coefficient (Wildman–Crippen LogP) is 3.53. The van der Waals surface area contributed by atoms with E-state index in [1.165, 1.54) is 0 Å². The third-order valence-corrected chi connectivity index (χ3v) is 4.11. The molecule has 0 N–H and O–H groups in total. The molecule has 2 aromatic heterocycles. The van der Waals surface area contributed by atoms with E-state index in [1.54, 1.807) is 10.6 Å². The summed E-state index contributed by atoms with van der Waals surface area (Å²) in [5.41, 5.74) is 1.24. The van der Waals surface area contributed by atoms with Gasteiger partial charge >= 0.3 is 0 Å². The zero-order valence-electron chi connectivity index (χ0n) is 11.2. The van der Waals surface area contributed by atoms with Crippen LogP contribution >= 0.6 is 15.9 Å². The molecule has 0 amide bonds. The van der Waals surface area contributed by atoms with Gasteiger partial charge in [-0.3, -0.25) is 0 Å². The van der Waals surface area contributed by atoms with Gasteiger partial charge in [-0.2, -0.15) is 4.39 Å². The molecule has 0 unspecified atom stereocenters. The first kappa shape index (κ1) is 13.8. The summed E-state index contributed by atoms with van der Waals surface area (Å²) >= 11 is 3.34. The van der Waals surface area contributed by atoms with E-state index >= 15 is 0 Å². The zero-order valence-corrected chi connectivity index (χ0v) is 12.8. The first-order chi connectivity index (χ1) is 9.70. The fourth-order valence-electron chi connectivity index (χ4n) is 2.53. The minimum absolute atomic E-state index is 0.226. The number of halogens is 2. The van der Waals surface area contributed by atoms with Crippen molar-refractivity contribution in [1.29, 1.82) is 0 Å². The second kappa shape index (κ2) is 5.69. The number of hydrogen-bond acceptors (Lipinski definition) is 3. The van der Waals surface area contributed by atoms with Crippen LogP contribution in [0.15, 0.2) is 16.9 Å². The van der Waals surface area contributed by atoms with Crippen molar-refractivity contribution in [3.8, 4) is 5.75 Å². The lowest BCUT2D eigenvalue weighted by molar-refractivity contribution is 0.0846. The van der Waals surface area contributed by atoms with Crippen LogP contribution in [0.4, 0.5) is 4.39 Å². The van der Waals surface area contributed by atoms with Gasteiger partial charge in [0.25, 0.3) is 0 Å². The van der Waals surface area contributed by atoms with Crippen LogP contribution < -0.4 is 4.74 Å². The molecule has 6 heteroatoms. The minimum atomic E-state index is -0.417. The normalized spacial score (nSPS) is 16.8. The number of ether oxygens (including phenoxy) is 2. The van der Waals surface area contributed by atoms with Crippen LogP contribution in [0.2, 0.25) is 0 Å². The van der Waals surface area contributed by atoms with Gasteiger partial charge in [0.1, 0.15) is 0 Å². The number of pyridine rings is 1. The zero-order chi connectivity index (χ0) is 14.1. The summed E-state index contributed by atoms with van der Waals surface area (Å²) in [6.07, 6.45) is 5.56. The number of imidazole rings is 1. The molecule has 0 aliphatic carbocycles. The standard InChI is InChI=1S/C14H16BrFN2O2/c1-2-20-13-10(15)7-18-8-11(17-14(18)12(13)16)9-3-5-19-6-4-9/h7-9H,2-6H2,1H3. The highest BCUT2D eigenvalue weighted by atomic mass is 79.9. The molecular formula is C14H16BrFN2O2. The van der Waals surface area contributed by atoms with Crippen LogP contribution in [0.5, 0.6) is 5.75 Å². The Morgan fingerprint density at radius 3 is 2.90 bits per heavy atom. The average molecular weight is 343 g/mol. The summed E-state index contributed by atoms with van der Waals surface area (Å²) in [7, 11) is 0. The van der Waals surface area contributed by atoms with Gasteiger partial charge in [-0.1, -0.05) is 0 Å². The SMILES string of the molecule is CCOc1c(Br)cn2cc(C3CCOCC3)nc2c1F. The van der Waals surface area contributed by atoms with E-state index in [1.807, 2.05) is 13.1 Å². The first-order valence-electron chi connectivity index (χ1n) is 6.77. The molecule has 1 aliphatic heterocycles. The van der Waals surface area contributed by atoms with Crippen molar-refractivity contribution in [3.05, 3.63) is 28.4 Å². The fourth-order valence-corrected chi connectivity index (χ4v) is 3.04. The fraction of sp³-hybridized carbons (Fsp3) is 0.500. The van der Waals surface area contributed by atoms with Gasteiger partial charge in [0, 0.05) is 31.5 Å². The second-order valence-electron chi connectivity index (χ2n) is 4.84. The summed E-state index contributed by atoms with van der Waals surface area (Å²) in [4.78, 5) is 4.45. The molecule has 0 radical (unpaired) electrons. The van der Waals surface area contributed by atoms with Gasteiger partial charge in [0.2, 0.25) is 5.82 Å². The quantitative estimate of drug-likeness (QED) is 0.855. The highest BCUT2D eigenvalue weighted by Gasteiger charge is 2.22. The Morgan fingerprint density at radius 1 is 1.45 bits per heavy atom. The van der Waals surface area contributed by atoms with E-state index in [2.05, 4.69) is 20.9 Å². The maximum Gasteiger partial charge on any atom is 0.209 e. The maximum absolute atomic E-state index is 14.4. The molecule has 2 aromatic rings. The van der Waals surface area contributed by atoms with Crippen LogP contribution in [-0.4, -0.2) is 29.2 Å². The summed E-state index contributed by atoms with van der Waals surface area (Å²) in [6, 6.07) is 0. The highest BCUT2D eigenvalue weighted by molar-refractivity contribution is 9.10. The Bertz CT molecular complexity index is 623. The Hall–Kier alpha value is -1.14. The van der Waals surface area contributed by atoms with E-state index in [0.717, 1.165) is 31.7 Å². The number of rotatable bonds is 3. The molecule has 1 aliphatic rings. The molecule has 3 rings (SSSR count). The van der Waals surface area contributed by atoms with Gasteiger partial charge in [0.15, 0.2) is 11.4 Å². The van der Waals surface area contributed by atoms with Crippen LogP contribution in [0.1, 0.15) is 31.4 Å². The van der Waals surface area contributed by atoms with E-state index in [-0.39, 0.29) is 5.75 Å². The van der Waals surface area contributed by atoms with E-state index < -0.39 is 5.82 Å². The number of fused-ring (bicyclic) bond motifs is 1. The van der Waals surface area contributed by atoms with Crippen molar-refractivity contribution in [1.82, 2.24) is 9.38 Å². The summed E-state index contributed by atoms with van der Waals surface area (Å²) in [5.74, 6) is 0.154. The van der Waals surface area contributed by atoms with Crippen molar-refractivity contribution in [3.63, 3.8) is 0 Å². The predicted molar refractivity (Wildman–Crippen MR) is 76.8 cm³/mol. The van der Waals surface area contributed by atoms with Crippen molar-refractivity contribution < 1.29 is 13.9 Å².